The molecule has 8 nitrogen and oxygen atoms in total. The second-order valence-electron chi connectivity index (χ2n) is 8.78. The van der Waals surface area contributed by atoms with Crippen molar-refractivity contribution in [2.45, 2.75) is 39.0 Å². The molecule has 1 aliphatic carbocycles. The van der Waals surface area contributed by atoms with Gasteiger partial charge in [0.15, 0.2) is 5.78 Å². The smallest absolute Gasteiger partial charge is 0.336 e. The zero-order valence-corrected chi connectivity index (χ0v) is 20.9. The van der Waals surface area contributed by atoms with Gasteiger partial charge in [-0.1, -0.05) is 18.2 Å². The topological polar surface area (TPSA) is 104 Å². The highest BCUT2D eigenvalue weighted by molar-refractivity contribution is 6.17. The number of ether oxygens (including phenoxy) is 3. The number of Topliss-reactive ketones (excluding diaryl/α,β-unsaturated/α-hetero) is 1. The maximum absolute atomic E-state index is 14.2. The second-order valence-corrected chi connectivity index (χ2v) is 8.78. The highest BCUT2D eigenvalue weighted by atomic mass is 16.5. The third kappa shape index (κ3) is 4.67. The fourth-order valence-electron chi connectivity index (χ4n) is 5.24. The minimum Gasteiger partial charge on any atom is -0.497 e. The lowest BCUT2D eigenvalue weighted by Crippen LogP contribution is -2.48. The summed E-state index contributed by atoms with van der Waals surface area (Å²) in [4.78, 5) is 49.4. The third-order valence-electron chi connectivity index (χ3n) is 6.77. The van der Waals surface area contributed by atoms with Crippen LogP contribution in [-0.2, 0) is 23.9 Å². The van der Waals surface area contributed by atoms with Gasteiger partial charge in [-0.25, -0.2) is 4.79 Å². The molecule has 0 amide bonds. The van der Waals surface area contributed by atoms with E-state index >= 15 is 0 Å². The van der Waals surface area contributed by atoms with Crippen molar-refractivity contribution in [3.63, 3.8) is 0 Å². The summed E-state index contributed by atoms with van der Waals surface area (Å²) in [5, 5.41) is 0. The van der Waals surface area contributed by atoms with Crippen LogP contribution in [0.3, 0.4) is 0 Å². The molecule has 1 saturated carbocycles. The third-order valence-corrected chi connectivity index (χ3v) is 6.77. The lowest BCUT2D eigenvalue weighted by atomic mass is 9.62. The normalized spacial score (nSPS) is 23.4. The van der Waals surface area contributed by atoms with Crippen LogP contribution in [0.15, 0.2) is 65.1 Å². The van der Waals surface area contributed by atoms with Crippen LogP contribution < -0.4 is 4.74 Å². The number of aliphatic imine (C=N–C) groups is 1. The minimum absolute atomic E-state index is 0.155. The Morgan fingerprint density at radius 2 is 1.72 bits per heavy atom. The Morgan fingerprint density at radius 1 is 1.00 bits per heavy atom. The molecule has 4 rings (SSSR count). The van der Waals surface area contributed by atoms with Crippen LogP contribution in [0.25, 0.3) is 0 Å². The lowest BCUT2D eigenvalue weighted by Gasteiger charge is -2.41. The van der Waals surface area contributed by atoms with Crippen molar-refractivity contribution in [3.8, 4) is 5.75 Å². The number of hydrogen-bond acceptors (Lipinski definition) is 8. The average Bonchev–Trinajstić information content (AvgIpc) is 2.88. The molecular weight excluding hydrogens is 460 g/mol. The molecule has 0 radical (unpaired) electrons. The van der Waals surface area contributed by atoms with E-state index in [4.69, 9.17) is 19.2 Å². The number of nitrogens with zero attached hydrogens (tertiary/aromatic N) is 2. The molecule has 188 valence electrons. The number of rotatable bonds is 7. The summed E-state index contributed by atoms with van der Waals surface area (Å²) >= 11 is 0. The number of allylic oxidation sites excluding steroid dienone is 1. The van der Waals surface area contributed by atoms with Gasteiger partial charge in [0.2, 0.25) is 0 Å². The number of esters is 2. The Kier molecular flexibility index (Phi) is 7.62. The number of pyridine rings is 1. The Hall–Kier alpha value is -3.81. The van der Waals surface area contributed by atoms with Crippen LogP contribution in [-0.4, -0.2) is 48.7 Å². The zero-order chi connectivity index (χ0) is 25.8. The van der Waals surface area contributed by atoms with Crippen LogP contribution in [0.5, 0.6) is 5.75 Å². The molecule has 36 heavy (non-hydrogen) atoms. The summed E-state index contributed by atoms with van der Waals surface area (Å²) in [6.45, 7) is 5.54. The van der Waals surface area contributed by atoms with Gasteiger partial charge in [0.25, 0.3) is 0 Å². The maximum Gasteiger partial charge on any atom is 0.336 e. The van der Waals surface area contributed by atoms with Crippen molar-refractivity contribution in [3.05, 3.63) is 71.2 Å². The number of benzene rings is 1. The van der Waals surface area contributed by atoms with Gasteiger partial charge in [-0.3, -0.25) is 19.6 Å². The van der Waals surface area contributed by atoms with Crippen LogP contribution in [0.1, 0.15) is 50.2 Å². The number of methoxy groups -OCH3 is 1. The Labute approximate surface area is 210 Å². The molecule has 1 aromatic carbocycles. The van der Waals surface area contributed by atoms with Gasteiger partial charge in [-0.15, -0.1) is 0 Å². The first-order valence-corrected chi connectivity index (χ1v) is 12.1. The van der Waals surface area contributed by atoms with Gasteiger partial charge >= 0.3 is 11.9 Å². The number of hydrogen-bond donors (Lipinski definition) is 0. The molecule has 2 heterocycles. The molecular formula is C28H30N2O6. The molecule has 4 atom stereocenters. The SMILES string of the molecule is CCOC(=O)C1=C(C)N=C2C[C@@H](c3ccc(OC)cc3)[C@H](C(=O)OCC)C(=O)C2[C@@H]1c1cccnc1. The van der Waals surface area contributed by atoms with Crippen molar-refractivity contribution < 1.29 is 28.6 Å². The molecule has 1 aromatic heterocycles. The largest absolute Gasteiger partial charge is 0.497 e. The number of carbonyl (C=O) groups is 3. The van der Waals surface area contributed by atoms with Crippen molar-refractivity contribution in [1.82, 2.24) is 4.98 Å². The van der Waals surface area contributed by atoms with E-state index in [9.17, 15) is 14.4 Å². The second kappa shape index (κ2) is 10.8. The predicted molar refractivity (Wildman–Crippen MR) is 133 cm³/mol. The average molecular weight is 491 g/mol. The molecule has 0 N–H and O–H groups in total. The van der Waals surface area contributed by atoms with E-state index in [0.717, 1.165) is 5.56 Å². The Bertz CT molecular complexity index is 1200. The van der Waals surface area contributed by atoms with E-state index in [-0.39, 0.29) is 19.0 Å². The van der Waals surface area contributed by atoms with E-state index in [1.54, 1.807) is 58.5 Å². The summed E-state index contributed by atoms with van der Waals surface area (Å²) in [5.41, 5.74) is 2.97. The summed E-state index contributed by atoms with van der Waals surface area (Å²) in [6, 6.07) is 10.9. The molecule has 1 aliphatic heterocycles. The van der Waals surface area contributed by atoms with E-state index in [1.807, 2.05) is 18.2 Å². The minimum atomic E-state index is -1.04. The van der Waals surface area contributed by atoms with Crippen LogP contribution in [0, 0.1) is 11.8 Å². The quantitative estimate of drug-likeness (QED) is 0.426. The van der Waals surface area contributed by atoms with Crippen molar-refractivity contribution in [1.29, 1.82) is 0 Å². The monoisotopic (exact) mass is 490 g/mol. The van der Waals surface area contributed by atoms with Gasteiger partial charge in [0.05, 0.1) is 31.8 Å². The number of fused-ring (bicyclic) bond motifs is 1. The van der Waals surface area contributed by atoms with E-state index in [0.29, 0.717) is 34.7 Å². The first kappa shape index (κ1) is 25.3. The van der Waals surface area contributed by atoms with Crippen LogP contribution >= 0.6 is 0 Å². The van der Waals surface area contributed by atoms with Crippen molar-refractivity contribution in [2.24, 2.45) is 16.8 Å². The zero-order valence-electron chi connectivity index (χ0n) is 20.9. The van der Waals surface area contributed by atoms with Gasteiger partial charge in [-0.05, 0) is 56.5 Å². The van der Waals surface area contributed by atoms with E-state index in [1.165, 1.54) is 0 Å². The molecule has 1 unspecified atom stereocenters. The summed E-state index contributed by atoms with van der Waals surface area (Å²) < 4.78 is 16.0. The number of carbonyl (C=O) groups excluding carboxylic acids is 3. The molecule has 1 fully saturated rings. The van der Waals surface area contributed by atoms with Gasteiger partial charge in [-0.2, -0.15) is 0 Å². The molecule has 0 bridgehead atoms. The molecule has 0 saturated heterocycles. The molecule has 2 aromatic rings. The van der Waals surface area contributed by atoms with E-state index in [2.05, 4.69) is 4.98 Å². The van der Waals surface area contributed by atoms with Gasteiger partial charge < -0.3 is 14.2 Å². The van der Waals surface area contributed by atoms with Gasteiger partial charge in [0.1, 0.15) is 11.7 Å². The molecule has 2 aliphatic rings. The first-order chi connectivity index (χ1) is 17.4. The van der Waals surface area contributed by atoms with Crippen LogP contribution in [0.2, 0.25) is 0 Å². The fraction of sp³-hybridized carbons (Fsp3) is 0.393. The Morgan fingerprint density at radius 3 is 2.33 bits per heavy atom. The molecule has 8 heteroatoms. The molecule has 0 spiro atoms. The van der Waals surface area contributed by atoms with Gasteiger partial charge in [0, 0.05) is 35.6 Å². The standard InChI is InChI=1S/C28H30N2O6/c1-5-35-27(32)22-16(3)30-21-14-20(17-9-11-19(34-4)12-10-17)24(28(33)36-6-2)26(31)25(21)23(22)18-8-7-13-29-15-18/h7-13,15,20,23-25H,5-6,14H2,1-4H3/t20-,23+,24-,25?/m0/s1. The van der Waals surface area contributed by atoms with Crippen LogP contribution in [0.4, 0.5) is 0 Å². The lowest BCUT2D eigenvalue weighted by molar-refractivity contribution is -0.153. The maximum atomic E-state index is 14.2. The highest BCUT2D eigenvalue weighted by Gasteiger charge is 2.53. The first-order valence-electron chi connectivity index (χ1n) is 12.1. The summed E-state index contributed by atoms with van der Waals surface area (Å²) in [5.74, 6) is -3.70. The van der Waals surface area contributed by atoms with E-state index < -0.39 is 35.6 Å². The highest BCUT2D eigenvalue weighted by Crippen LogP contribution is 2.48. The number of aromatic nitrogens is 1. The fourth-order valence-corrected chi connectivity index (χ4v) is 5.24. The number of ketones is 1. The van der Waals surface area contributed by atoms with Crippen molar-refractivity contribution in [2.75, 3.05) is 20.3 Å². The summed E-state index contributed by atoms with van der Waals surface area (Å²) in [7, 11) is 1.58. The van der Waals surface area contributed by atoms with Crippen molar-refractivity contribution >= 4 is 23.4 Å². The summed E-state index contributed by atoms with van der Waals surface area (Å²) in [6.07, 6.45) is 3.64. The Balaban J connectivity index is 1.86. The predicted octanol–water partition coefficient (Wildman–Crippen LogP) is 4.02.